The highest BCUT2D eigenvalue weighted by Gasteiger charge is 2.62. The summed E-state index contributed by atoms with van der Waals surface area (Å²) in [5.41, 5.74) is -2.08. The normalized spacial score (nSPS) is 25.6. The first-order valence-electron chi connectivity index (χ1n) is 16.9. The van der Waals surface area contributed by atoms with Crippen molar-refractivity contribution in [2.45, 2.75) is 94.6 Å². The third-order valence-electron chi connectivity index (χ3n) is 9.95. The second-order valence-corrected chi connectivity index (χ2v) is 17.0. The van der Waals surface area contributed by atoms with Crippen molar-refractivity contribution in [3.8, 4) is 0 Å². The first-order valence-corrected chi connectivity index (χ1v) is 18.4. The van der Waals surface area contributed by atoms with Gasteiger partial charge in [-0.3, -0.25) is 33.7 Å². The summed E-state index contributed by atoms with van der Waals surface area (Å²) in [6.07, 6.45) is 6.34. The minimum absolute atomic E-state index is 0.0117. The van der Waals surface area contributed by atoms with Gasteiger partial charge in [0.2, 0.25) is 27.7 Å². The van der Waals surface area contributed by atoms with Gasteiger partial charge in [-0.15, -0.1) is 6.58 Å². The van der Waals surface area contributed by atoms with Gasteiger partial charge in [-0.2, -0.15) is 0 Å². The number of benzene rings is 1. The van der Waals surface area contributed by atoms with Crippen molar-refractivity contribution >= 4 is 50.3 Å². The number of fused-ring (bicyclic) bond motifs is 1. The molecular weight excluding hydrogens is 648 g/mol. The Labute approximate surface area is 286 Å². The highest BCUT2D eigenvalue weighted by atomic mass is 32.2. The number of nitrogens with zero attached hydrogens (tertiary/aromatic N) is 2. The summed E-state index contributed by atoms with van der Waals surface area (Å²) >= 11 is 0. The van der Waals surface area contributed by atoms with Crippen molar-refractivity contribution in [1.82, 2.24) is 30.6 Å². The second-order valence-electron chi connectivity index (χ2n) is 15.0. The van der Waals surface area contributed by atoms with E-state index in [0.717, 1.165) is 18.2 Å². The van der Waals surface area contributed by atoms with E-state index in [4.69, 9.17) is 0 Å². The lowest BCUT2D eigenvalue weighted by Gasteiger charge is -2.35. The molecule has 1 saturated heterocycles. The van der Waals surface area contributed by atoms with Crippen LogP contribution in [0.3, 0.4) is 0 Å². The SMILES string of the molecule is C=C[C@H]1C[C@]1(NC(=O)[C@@H]1C[C@@H](NC(=O)c2nccc3ccccc23)CN1C(=O)[C@@H](NC(=O)CC1CC1)C(C)(C)C)C(=O)NS(=O)(=O)C1CC1. The van der Waals surface area contributed by atoms with E-state index in [9.17, 15) is 32.4 Å². The summed E-state index contributed by atoms with van der Waals surface area (Å²) < 4.78 is 27.4. The van der Waals surface area contributed by atoms with Gasteiger partial charge < -0.3 is 20.9 Å². The molecule has 5 atom stereocenters. The number of rotatable bonds is 12. The molecule has 3 saturated carbocycles. The molecule has 3 aliphatic carbocycles. The molecule has 5 amide bonds. The highest BCUT2D eigenvalue weighted by molar-refractivity contribution is 7.91. The molecule has 2 heterocycles. The summed E-state index contributed by atoms with van der Waals surface area (Å²) in [4.78, 5) is 74.0. The molecule has 0 spiro atoms. The second kappa shape index (κ2) is 12.8. The van der Waals surface area contributed by atoms with Gasteiger partial charge in [0.25, 0.3) is 11.8 Å². The summed E-state index contributed by atoms with van der Waals surface area (Å²) in [7, 11) is -3.89. The Morgan fingerprint density at radius 3 is 2.43 bits per heavy atom. The van der Waals surface area contributed by atoms with Crippen molar-refractivity contribution in [2.24, 2.45) is 17.3 Å². The molecule has 1 aromatic carbocycles. The Kier molecular flexibility index (Phi) is 9.05. The summed E-state index contributed by atoms with van der Waals surface area (Å²) in [6, 6.07) is 6.31. The third kappa shape index (κ3) is 7.34. The van der Waals surface area contributed by atoms with Crippen LogP contribution in [0.4, 0.5) is 0 Å². The maximum absolute atomic E-state index is 14.4. The summed E-state index contributed by atoms with van der Waals surface area (Å²) in [5.74, 6) is -2.96. The zero-order valence-electron chi connectivity index (χ0n) is 28.0. The van der Waals surface area contributed by atoms with Crippen LogP contribution in [-0.2, 0) is 29.2 Å². The molecule has 4 N–H and O–H groups in total. The number of likely N-dealkylation sites (tertiary alicyclic amines) is 1. The molecule has 1 aromatic heterocycles. The van der Waals surface area contributed by atoms with Crippen LogP contribution >= 0.6 is 0 Å². The van der Waals surface area contributed by atoms with Crippen LogP contribution in [0.5, 0.6) is 0 Å². The molecule has 14 heteroatoms. The molecule has 262 valence electrons. The number of hydrogen-bond donors (Lipinski definition) is 4. The van der Waals surface area contributed by atoms with E-state index in [0.29, 0.717) is 30.6 Å². The van der Waals surface area contributed by atoms with E-state index in [1.54, 1.807) is 18.2 Å². The number of carbonyl (C=O) groups is 5. The lowest BCUT2D eigenvalue weighted by Crippen LogP contribution is -2.60. The molecule has 4 fully saturated rings. The fourth-order valence-electron chi connectivity index (χ4n) is 6.62. The van der Waals surface area contributed by atoms with Gasteiger partial charge in [0.05, 0.1) is 5.25 Å². The van der Waals surface area contributed by atoms with E-state index in [2.05, 4.69) is 32.2 Å². The van der Waals surface area contributed by atoms with E-state index in [-0.39, 0.29) is 31.0 Å². The number of amides is 5. The van der Waals surface area contributed by atoms with Crippen LogP contribution in [0.15, 0.2) is 49.2 Å². The monoisotopic (exact) mass is 692 g/mol. The van der Waals surface area contributed by atoms with Crippen LogP contribution in [-0.4, -0.2) is 83.3 Å². The number of pyridine rings is 1. The van der Waals surface area contributed by atoms with Crippen LogP contribution < -0.4 is 20.7 Å². The van der Waals surface area contributed by atoms with Crippen LogP contribution in [0.25, 0.3) is 10.8 Å². The first-order chi connectivity index (χ1) is 23.1. The maximum atomic E-state index is 14.4. The molecule has 0 radical (unpaired) electrons. The fourth-order valence-corrected chi connectivity index (χ4v) is 7.99. The van der Waals surface area contributed by atoms with E-state index in [1.165, 1.54) is 17.2 Å². The lowest BCUT2D eigenvalue weighted by molar-refractivity contribution is -0.144. The summed E-state index contributed by atoms with van der Waals surface area (Å²) in [6.45, 7) is 9.17. The fraction of sp³-hybridized carbons (Fsp3) is 0.543. The number of nitrogens with one attached hydrogen (secondary N) is 4. The third-order valence-corrected chi connectivity index (χ3v) is 11.8. The quantitative estimate of drug-likeness (QED) is 0.243. The molecule has 6 rings (SSSR count). The number of sulfonamides is 1. The average Bonchev–Trinajstić information content (AvgIpc) is 3.94. The van der Waals surface area contributed by atoms with Crippen molar-refractivity contribution in [1.29, 1.82) is 0 Å². The predicted molar refractivity (Wildman–Crippen MR) is 181 cm³/mol. The predicted octanol–water partition coefficient (Wildman–Crippen LogP) is 1.93. The van der Waals surface area contributed by atoms with Crippen LogP contribution in [0.1, 0.15) is 76.2 Å². The lowest BCUT2D eigenvalue weighted by atomic mass is 9.85. The van der Waals surface area contributed by atoms with Gasteiger partial charge in [-0.1, -0.05) is 51.1 Å². The van der Waals surface area contributed by atoms with Gasteiger partial charge >= 0.3 is 0 Å². The van der Waals surface area contributed by atoms with Gasteiger partial charge in [0, 0.05) is 36.5 Å². The van der Waals surface area contributed by atoms with Crippen LogP contribution in [0, 0.1) is 17.3 Å². The number of aromatic nitrogens is 1. The van der Waals surface area contributed by atoms with Gasteiger partial charge in [-0.25, -0.2) is 8.42 Å². The highest BCUT2D eigenvalue weighted by Crippen LogP contribution is 2.45. The Morgan fingerprint density at radius 1 is 1.08 bits per heavy atom. The Balaban J connectivity index is 1.26. The molecule has 0 unspecified atom stereocenters. The van der Waals surface area contributed by atoms with Crippen molar-refractivity contribution < 1.29 is 32.4 Å². The molecule has 13 nitrogen and oxygen atoms in total. The Bertz CT molecular complexity index is 1810. The minimum Gasteiger partial charge on any atom is -0.346 e. The average molecular weight is 693 g/mol. The van der Waals surface area contributed by atoms with E-state index >= 15 is 0 Å². The topological polar surface area (TPSA) is 184 Å². The largest absolute Gasteiger partial charge is 0.346 e. The van der Waals surface area contributed by atoms with E-state index in [1.807, 2.05) is 32.9 Å². The zero-order chi connectivity index (χ0) is 35.3. The molecule has 49 heavy (non-hydrogen) atoms. The number of carbonyl (C=O) groups excluding carboxylic acids is 5. The van der Waals surface area contributed by atoms with Gasteiger partial charge in [-0.05, 0) is 61.3 Å². The smallest absolute Gasteiger partial charge is 0.270 e. The van der Waals surface area contributed by atoms with Crippen LogP contribution in [0.2, 0.25) is 0 Å². The standard InChI is InChI=1S/C35H44N6O7S/c1-5-22-18-35(22,33(46)40-49(47,48)24-12-13-24)39-30(43)26-17-23(37-31(44)28-25-9-7-6-8-21(25)14-15-36-28)19-41(26)32(45)29(34(2,3)4)38-27(42)16-20-10-11-20/h5-9,14-15,20,22-24,26,29H,1,10-13,16-19H2,2-4H3,(H,37,44)(H,38,42)(H,39,43)(H,40,46)/t22-,23+,26-,29+,35+/m0/s1. The minimum atomic E-state index is -3.89. The van der Waals surface area contributed by atoms with Crippen molar-refractivity contribution in [2.75, 3.05) is 6.54 Å². The molecule has 2 aromatic rings. The zero-order valence-corrected chi connectivity index (χ0v) is 28.8. The van der Waals surface area contributed by atoms with E-state index < -0.39 is 73.9 Å². The molecular formula is C35H44N6O7S. The van der Waals surface area contributed by atoms with Gasteiger partial charge in [0.1, 0.15) is 23.3 Å². The maximum Gasteiger partial charge on any atom is 0.270 e. The molecule has 1 aliphatic heterocycles. The molecule has 4 aliphatic rings. The van der Waals surface area contributed by atoms with Crippen molar-refractivity contribution in [3.05, 3.63) is 54.9 Å². The molecule has 0 bridgehead atoms. The Hall–Kier alpha value is -4.33. The Morgan fingerprint density at radius 2 is 1.80 bits per heavy atom. The van der Waals surface area contributed by atoms with Crippen molar-refractivity contribution in [3.63, 3.8) is 0 Å². The summed E-state index contributed by atoms with van der Waals surface area (Å²) in [5, 5.41) is 9.44. The number of hydrogen-bond acceptors (Lipinski definition) is 8. The van der Waals surface area contributed by atoms with Gasteiger partial charge in [0.15, 0.2) is 0 Å². The first kappa shape index (κ1) is 34.5.